The van der Waals surface area contributed by atoms with Crippen LogP contribution >= 0.6 is 11.3 Å². The molecule has 0 unspecified atom stereocenters. The van der Waals surface area contributed by atoms with Crippen LogP contribution in [0, 0.1) is 5.92 Å². The van der Waals surface area contributed by atoms with E-state index in [1.165, 1.54) is 11.3 Å². The lowest BCUT2D eigenvalue weighted by molar-refractivity contribution is 0.0949. The number of nitrogens with zero attached hydrogens (tertiary/aromatic N) is 2. The number of carbonyl (C=O) groups excluding carboxylic acids is 2. The van der Waals surface area contributed by atoms with Gasteiger partial charge in [0.1, 0.15) is 5.01 Å². The third kappa shape index (κ3) is 5.47. The van der Waals surface area contributed by atoms with Crippen LogP contribution in [0.5, 0.6) is 0 Å². The van der Waals surface area contributed by atoms with Gasteiger partial charge in [-0.2, -0.15) is 0 Å². The molecule has 3 rings (SSSR count). The molecule has 0 saturated carbocycles. The first-order valence-electron chi connectivity index (χ1n) is 9.07. The van der Waals surface area contributed by atoms with Crippen LogP contribution in [0.15, 0.2) is 54.6 Å². The molecule has 0 radical (unpaired) electrons. The molecule has 0 atom stereocenters. The van der Waals surface area contributed by atoms with Gasteiger partial charge in [-0.3, -0.25) is 14.9 Å². The largest absolute Gasteiger partial charge is 0.348 e. The van der Waals surface area contributed by atoms with Crippen molar-refractivity contribution in [3.8, 4) is 0 Å². The Morgan fingerprint density at radius 2 is 1.61 bits per heavy atom. The van der Waals surface area contributed by atoms with Crippen molar-refractivity contribution in [1.29, 1.82) is 0 Å². The molecule has 2 amide bonds. The molecule has 0 saturated heterocycles. The first kappa shape index (κ1) is 19.7. The molecular formula is C21H22N4O2S. The average molecular weight is 395 g/mol. The van der Waals surface area contributed by atoms with Gasteiger partial charge in [0.2, 0.25) is 5.13 Å². The maximum absolute atomic E-state index is 12.4. The highest BCUT2D eigenvalue weighted by atomic mass is 32.1. The van der Waals surface area contributed by atoms with Gasteiger partial charge in [-0.1, -0.05) is 55.5 Å². The Hall–Kier alpha value is -3.06. The molecule has 2 aromatic carbocycles. The third-order valence-electron chi connectivity index (χ3n) is 3.98. The van der Waals surface area contributed by atoms with E-state index < -0.39 is 0 Å². The van der Waals surface area contributed by atoms with Crippen molar-refractivity contribution < 1.29 is 9.59 Å². The Bertz CT molecular complexity index is 937. The SMILES string of the molecule is CC(C)Cc1nnc(NC(=O)c2ccc(CNC(=O)c3ccccc3)cc2)s1. The van der Waals surface area contributed by atoms with Gasteiger partial charge in [0, 0.05) is 24.1 Å². The summed E-state index contributed by atoms with van der Waals surface area (Å²) in [4.78, 5) is 24.4. The van der Waals surface area contributed by atoms with E-state index >= 15 is 0 Å². The minimum absolute atomic E-state index is 0.129. The van der Waals surface area contributed by atoms with Crippen molar-refractivity contribution in [2.75, 3.05) is 5.32 Å². The summed E-state index contributed by atoms with van der Waals surface area (Å²) in [6, 6.07) is 16.2. The van der Waals surface area contributed by atoms with E-state index in [2.05, 4.69) is 34.7 Å². The molecule has 6 nitrogen and oxygen atoms in total. The molecule has 0 spiro atoms. The third-order valence-corrected chi connectivity index (χ3v) is 4.84. The molecule has 28 heavy (non-hydrogen) atoms. The predicted octanol–water partition coefficient (Wildman–Crippen LogP) is 3.92. The molecule has 0 aliphatic rings. The summed E-state index contributed by atoms with van der Waals surface area (Å²) in [5.74, 6) is 0.134. The zero-order chi connectivity index (χ0) is 19.9. The van der Waals surface area contributed by atoms with Crippen molar-refractivity contribution >= 4 is 28.3 Å². The summed E-state index contributed by atoms with van der Waals surface area (Å²) >= 11 is 1.39. The van der Waals surface area contributed by atoms with Crippen LogP contribution in [0.1, 0.15) is 45.1 Å². The molecular weight excluding hydrogens is 372 g/mol. The van der Waals surface area contributed by atoms with E-state index in [0.717, 1.165) is 17.0 Å². The molecule has 1 heterocycles. The van der Waals surface area contributed by atoms with Crippen LogP contribution < -0.4 is 10.6 Å². The predicted molar refractivity (Wildman–Crippen MR) is 110 cm³/mol. The molecule has 0 fully saturated rings. The van der Waals surface area contributed by atoms with Crippen molar-refractivity contribution in [3.05, 3.63) is 76.3 Å². The van der Waals surface area contributed by atoms with Crippen molar-refractivity contribution in [2.24, 2.45) is 5.92 Å². The number of anilines is 1. The second-order valence-electron chi connectivity index (χ2n) is 6.80. The number of nitrogens with one attached hydrogen (secondary N) is 2. The molecule has 3 aromatic rings. The number of carbonyl (C=O) groups is 2. The minimum Gasteiger partial charge on any atom is -0.348 e. The summed E-state index contributed by atoms with van der Waals surface area (Å²) in [7, 11) is 0. The Morgan fingerprint density at radius 1 is 0.929 bits per heavy atom. The van der Waals surface area contributed by atoms with E-state index in [1.54, 1.807) is 24.3 Å². The van der Waals surface area contributed by atoms with Crippen LogP contribution in [0.2, 0.25) is 0 Å². The number of aromatic nitrogens is 2. The second-order valence-corrected chi connectivity index (χ2v) is 7.86. The fraction of sp³-hybridized carbons (Fsp3) is 0.238. The van der Waals surface area contributed by atoms with E-state index in [-0.39, 0.29) is 11.8 Å². The molecule has 144 valence electrons. The van der Waals surface area contributed by atoms with Crippen molar-refractivity contribution in [3.63, 3.8) is 0 Å². The van der Waals surface area contributed by atoms with Crippen LogP contribution in [-0.2, 0) is 13.0 Å². The maximum Gasteiger partial charge on any atom is 0.257 e. The highest BCUT2D eigenvalue weighted by Gasteiger charge is 2.11. The van der Waals surface area contributed by atoms with Crippen LogP contribution in [0.25, 0.3) is 0 Å². The molecule has 0 aliphatic carbocycles. The van der Waals surface area contributed by atoms with Crippen LogP contribution in [-0.4, -0.2) is 22.0 Å². The minimum atomic E-state index is -0.230. The van der Waals surface area contributed by atoms with E-state index in [4.69, 9.17) is 0 Å². The van der Waals surface area contributed by atoms with E-state index in [9.17, 15) is 9.59 Å². The number of benzene rings is 2. The van der Waals surface area contributed by atoms with Gasteiger partial charge >= 0.3 is 0 Å². The summed E-state index contributed by atoms with van der Waals surface area (Å²) in [5, 5.41) is 15.2. The molecule has 7 heteroatoms. The first-order chi connectivity index (χ1) is 13.5. The van der Waals surface area contributed by atoms with Gasteiger partial charge in [-0.15, -0.1) is 10.2 Å². The lowest BCUT2D eigenvalue weighted by Crippen LogP contribution is -2.22. The van der Waals surface area contributed by atoms with Gasteiger partial charge < -0.3 is 5.32 Å². The molecule has 0 bridgehead atoms. The lowest BCUT2D eigenvalue weighted by atomic mass is 10.1. The topological polar surface area (TPSA) is 84.0 Å². The van der Waals surface area contributed by atoms with Crippen molar-refractivity contribution in [1.82, 2.24) is 15.5 Å². The summed E-state index contributed by atoms with van der Waals surface area (Å²) in [5.41, 5.74) is 2.06. The number of hydrogen-bond donors (Lipinski definition) is 2. The normalized spacial score (nSPS) is 10.7. The van der Waals surface area contributed by atoms with Gasteiger partial charge in [0.25, 0.3) is 11.8 Å². The zero-order valence-corrected chi connectivity index (χ0v) is 16.6. The quantitative estimate of drug-likeness (QED) is 0.636. The number of rotatable bonds is 7. The van der Waals surface area contributed by atoms with Gasteiger partial charge in [0.05, 0.1) is 0 Å². The Kier molecular flexibility index (Phi) is 6.49. The lowest BCUT2D eigenvalue weighted by Gasteiger charge is -2.06. The molecule has 0 aliphatic heterocycles. The standard InChI is InChI=1S/C21H22N4O2S/c1-14(2)12-18-24-25-21(28-18)23-20(27)17-10-8-15(9-11-17)13-22-19(26)16-6-4-3-5-7-16/h3-11,14H,12-13H2,1-2H3,(H,22,26)(H,23,25,27). The fourth-order valence-electron chi connectivity index (χ4n) is 2.55. The summed E-state index contributed by atoms with van der Waals surface area (Å²) in [6.45, 7) is 4.62. The maximum atomic E-state index is 12.4. The van der Waals surface area contributed by atoms with Crippen LogP contribution in [0.4, 0.5) is 5.13 Å². The zero-order valence-electron chi connectivity index (χ0n) is 15.8. The second kappa shape index (κ2) is 9.23. The molecule has 2 N–H and O–H groups in total. The molecule has 1 aromatic heterocycles. The van der Waals surface area contributed by atoms with Gasteiger partial charge in [0.15, 0.2) is 0 Å². The average Bonchev–Trinajstić information content (AvgIpc) is 3.13. The van der Waals surface area contributed by atoms with Crippen LogP contribution in [0.3, 0.4) is 0 Å². The summed E-state index contributed by atoms with van der Waals surface area (Å²) in [6.07, 6.45) is 0.844. The number of amides is 2. The highest BCUT2D eigenvalue weighted by Crippen LogP contribution is 2.19. The Balaban J connectivity index is 1.54. The van der Waals surface area contributed by atoms with Gasteiger partial charge in [-0.05, 0) is 35.7 Å². The first-order valence-corrected chi connectivity index (χ1v) is 9.89. The summed E-state index contributed by atoms with van der Waals surface area (Å²) < 4.78 is 0. The van der Waals surface area contributed by atoms with Crippen molar-refractivity contribution in [2.45, 2.75) is 26.8 Å². The van der Waals surface area contributed by atoms with E-state index in [0.29, 0.717) is 28.7 Å². The fourth-order valence-corrected chi connectivity index (χ4v) is 3.50. The number of hydrogen-bond acceptors (Lipinski definition) is 5. The Morgan fingerprint density at radius 3 is 2.29 bits per heavy atom. The monoisotopic (exact) mass is 394 g/mol. The Labute approximate surface area is 168 Å². The van der Waals surface area contributed by atoms with Gasteiger partial charge in [-0.25, -0.2) is 0 Å². The van der Waals surface area contributed by atoms with E-state index in [1.807, 2.05) is 30.3 Å². The smallest absolute Gasteiger partial charge is 0.257 e. The highest BCUT2D eigenvalue weighted by molar-refractivity contribution is 7.15.